The Balaban J connectivity index is 1.83. The van der Waals surface area contributed by atoms with Crippen LogP contribution >= 0.6 is 11.3 Å². The highest BCUT2D eigenvalue weighted by Crippen LogP contribution is 2.40. The third-order valence-electron chi connectivity index (χ3n) is 4.05. The van der Waals surface area contributed by atoms with Crippen LogP contribution in [0.2, 0.25) is 0 Å². The van der Waals surface area contributed by atoms with E-state index in [2.05, 4.69) is 15.3 Å². The minimum atomic E-state index is 0.0432. The summed E-state index contributed by atoms with van der Waals surface area (Å²) in [7, 11) is 0. The third kappa shape index (κ3) is 2.26. The third-order valence-corrected chi connectivity index (χ3v) is 5.23. The number of aryl methyl sites for hydroxylation is 3. The van der Waals surface area contributed by atoms with Crippen LogP contribution in [-0.4, -0.2) is 15.1 Å². The van der Waals surface area contributed by atoms with E-state index in [0.717, 1.165) is 40.6 Å². The number of aliphatic hydroxyl groups excluding tert-OH is 1. The average molecular weight is 311 g/mol. The molecule has 112 valence electrons. The van der Waals surface area contributed by atoms with Gasteiger partial charge in [-0.3, -0.25) is 0 Å². The number of aliphatic hydroxyl groups is 1. The van der Waals surface area contributed by atoms with E-state index in [1.807, 2.05) is 31.2 Å². The van der Waals surface area contributed by atoms with Crippen LogP contribution in [0.25, 0.3) is 10.2 Å². The molecule has 1 aromatic carbocycles. The molecule has 0 saturated heterocycles. The molecule has 0 spiro atoms. The summed E-state index contributed by atoms with van der Waals surface area (Å²) in [6.07, 6.45) is 3.51. The van der Waals surface area contributed by atoms with Gasteiger partial charge in [-0.05, 0) is 49.4 Å². The summed E-state index contributed by atoms with van der Waals surface area (Å²) < 4.78 is 0. The molecule has 0 unspecified atom stereocenters. The Labute approximate surface area is 132 Å². The molecule has 1 aliphatic carbocycles. The largest absolute Gasteiger partial charge is 0.392 e. The zero-order chi connectivity index (χ0) is 15.1. The van der Waals surface area contributed by atoms with Gasteiger partial charge in [-0.2, -0.15) is 0 Å². The van der Waals surface area contributed by atoms with Crippen LogP contribution in [0.3, 0.4) is 0 Å². The topological polar surface area (TPSA) is 58.0 Å². The molecule has 22 heavy (non-hydrogen) atoms. The van der Waals surface area contributed by atoms with Gasteiger partial charge in [0.1, 0.15) is 16.5 Å². The fraction of sp³-hybridized carbons (Fsp3) is 0.294. The molecule has 5 heteroatoms. The van der Waals surface area contributed by atoms with E-state index in [1.54, 1.807) is 11.3 Å². The second-order valence-electron chi connectivity index (χ2n) is 5.64. The van der Waals surface area contributed by atoms with Crippen LogP contribution in [0.15, 0.2) is 24.3 Å². The lowest BCUT2D eigenvalue weighted by Crippen LogP contribution is -1.99. The molecule has 0 saturated carbocycles. The van der Waals surface area contributed by atoms with Gasteiger partial charge in [0.15, 0.2) is 0 Å². The summed E-state index contributed by atoms with van der Waals surface area (Å²) in [6, 6.07) is 7.80. The summed E-state index contributed by atoms with van der Waals surface area (Å²) in [5.74, 6) is 1.67. The maximum absolute atomic E-state index is 9.29. The zero-order valence-electron chi connectivity index (χ0n) is 12.4. The van der Waals surface area contributed by atoms with E-state index in [9.17, 15) is 5.11 Å². The van der Waals surface area contributed by atoms with Gasteiger partial charge in [-0.25, -0.2) is 9.97 Å². The molecular formula is C17H17N3OS. The number of thiophene rings is 1. The summed E-state index contributed by atoms with van der Waals surface area (Å²) in [5, 5.41) is 13.9. The predicted octanol–water partition coefficient (Wildman–Crippen LogP) is 3.72. The number of nitrogens with zero attached hydrogens (tertiary/aromatic N) is 2. The molecule has 1 aliphatic rings. The number of fused-ring (bicyclic) bond motifs is 3. The van der Waals surface area contributed by atoms with Crippen molar-refractivity contribution in [3.05, 3.63) is 46.1 Å². The van der Waals surface area contributed by atoms with Crippen molar-refractivity contribution < 1.29 is 5.11 Å². The summed E-state index contributed by atoms with van der Waals surface area (Å²) >= 11 is 1.80. The van der Waals surface area contributed by atoms with Crippen LogP contribution in [0.5, 0.6) is 0 Å². The van der Waals surface area contributed by atoms with Crippen LogP contribution in [0.4, 0.5) is 11.5 Å². The Morgan fingerprint density at radius 1 is 1.27 bits per heavy atom. The second kappa shape index (κ2) is 5.34. The van der Waals surface area contributed by atoms with Gasteiger partial charge in [0, 0.05) is 10.6 Å². The fourth-order valence-electron chi connectivity index (χ4n) is 3.08. The van der Waals surface area contributed by atoms with E-state index in [4.69, 9.17) is 0 Å². The summed E-state index contributed by atoms with van der Waals surface area (Å²) in [6.45, 7) is 1.97. The zero-order valence-corrected chi connectivity index (χ0v) is 13.2. The lowest BCUT2D eigenvalue weighted by Gasteiger charge is -2.10. The molecule has 2 heterocycles. The SMILES string of the molecule is Cc1nc(Nc2cccc(CO)c2)c2c3c(sc2n1)CCC3. The molecule has 3 aromatic rings. The van der Waals surface area contributed by atoms with Gasteiger partial charge in [0.2, 0.25) is 0 Å². The fourth-order valence-corrected chi connectivity index (χ4v) is 4.38. The molecule has 2 N–H and O–H groups in total. The normalized spacial score (nSPS) is 13.5. The van der Waals surface area contributed by atoms with Gasteiger partial charge in [0.05, 0.1) is 12.0 Å². The Morgan fingerprint density at radius 3 is 3.05 bits per heavy atom. The Morgan fingerprint density at radius 2 is 2.18 bits per heavy atom. The van der Waals surface area contributed by atoms with E-state index in [1.165, 1.54) is 22.2 Å². The van der Waals surface area contributed by atoms with Gasteiger partial charge in [-0.1, -0.05) is 12.1 Å². The minimum absolute atomic E-state index is 0.0432. The van der Waals surface area contributed by atoms with Crippen molar-refractivity contribution in [1.29, 1.82) is 0 Å². The Hall–Kier alpha value is -1.98. The lowest BCUT2D eigenvalue weighted by atomic mass is 10.1. The number of rotatable bonds is 3. The molecule has 0 fully saturated rings. The van der Waals surface area contributed by atoms with Crippen LogP contribution in [-0.2, 0) is 19.4 Å². The highest BCUT2D eigenvalue weighted by atomic mass is 32.1. The van der Waals surface area contributed by atoms with Crippen molar-refractivity contribution in [3.8, 4) is 0 Å². The Kier molecular flexibility index (Phi) is 3.32. The predicted molar refractivity (Wildman–Crippen MR) is 89.8 cm³/mol. The molecule has 0 atom stereocenters. The number of benzene rings is 1. The molecule has 0 radical (unpaired) electrons. The van der Waals surface area contributed by atoms with Crippen LogP contribution in [0, 0.1) is 6.92 Å². The van der Waals surface area contributed by atoms with Crippen molar-refractivity contribution in [2.75, 3.05) is 5.32 Å². The number of nitrogens with one attached hydrogen (secondary N) is 1. The quantitative estimate of drug-likeness (QED) is 0.774. The molecule has 0 amide bonds. The highest BCUT2D eigenvalue weighted by molar-refractivity contribution is 7.19. The standard InChI is InChI=1S/C17H17N3OS/c1-10-18-16(20-12-5-2-4-11(8-12)9-21)15-13-6-3-7-14(13)22-17(15)19-10/h2,4-5,8,21H,3,6-7,9H2,1H3,(H,18,19,20). The van der Waals surface area contributed by atoms with Crippen molar-refractivity contribution in [2.45, 2.75) is 32.8 Å². The van der Waals surface area contributed by atoms with E-state index in [0.29, 0.717) is 0 Å². The van der Waals surface area contributed by atoms with Crippen molar-refractivity contribution in [2.24, 2.45) is 0 Å². The van der Waals surface area contributed by atoms with Gasteiger partial charge in [0.25, 0.3) is 0 Å². The Bertz CT molecular complexity index is 856. The van der Waals surface area contributed by atoms with E-state index < -0.39 is 0 Å². The van der Waals surface area contributed by atoms with Crippen molar-refractivity contribution >= 4 is 33.1 Å². The first-order chi connectivity index (χ1) is 10.7. The molecule has 2 aromatic heterocycles. The first-order valence-corrected chi connectivity index (χ1v) is 8.32. The summed E-state index contributed by atoms with van der Waals surface area (Å²) in [4.78, 5) is 11.8. The second-order valence-corrected chi connectivity index (χ2v) is 6.72. The first-order valence-electron chi connectivity index (χ1n) is 7.50. The van der Waals surface area contributed by atoms with Gasteiger partial charge < -0.3 is 10.4 Å². The average Bonchev–Trinajstić information content (AvgIpc) is 3.07. The lowest BCUT2D eigenvalue weighted by molar-refractivity contribution is 0.282. The van der Waals surface area contributed by atoms with E-state index >= 15 is 0 Å². The van der Waals surface area contributed by atoms with Gasteiger partial charge in [-0.15, -0.1) is 11.3 Å². The van der Waals surface area contributed by atoms with E-state index in [-0.39, 0.29) is 6.61 Å². The van der Waals surface area contributed by atoms with Crippen molar-refractivity contribution in [1.82, 2.24) is 9.97 Å². The van der Waals surface area contributed by atoms with Crippen LogP contribution in [0.1, 0.15) is 28.2 Å². The number of aromatic nitrogens is 2. The number of hydrogen-bond acceptors (Lipinski definition) is 5. The molecular weight excluding hydrogens is 294 g/mol. The minimum Gasteiger partial charge on any atom is -0.392 e. The molecule has 0 aliphatic heterocycles. The molecule has 4 rings (SSSR count). The highest BCUT2D eigenvalue weighted by Gasteiger charge is 2.21. The molecule has 0 bridgehead atoms. The number of anilines is 2. The van der Waals surface area contributed by atoms with Gasteiger partial charge >= 0.3 is 0 Å². The smallest absolute Gasteiger partial charge is 0.143 e. The summed E-state index contributed by atoms with van der Waals surface area (Å²) in [5.41, 5.74) is 3.26. The maximum Gasteiger partial charge on any atom is 0.143 e. The first kappa shape index (κ1) is 13.7. The number of hydrogen-bond donors (Lipinski definition) is 2. The monoisotopic (exact) mass is 311 g/mol. The van der Waals surface area contributed by atoms with Crippen molar-refractivity contribution in [3.63, 3.8) is 0 Å². The maximum atomic E-state index is 9.29. The molecule has 4 nitrogen and oxygen atoms in total. The van der Waals surface area contributed by atoms with Crippen LogP contribution < -0.4 is 5.32 Å².